The number of hydrogen-bond acceptors (Lipinski definition) is 2. The van der Waals surface area contributed by atoms with Gasteiger partial charge in [-0.1, -0.05) is 11.6 Å². The third-order valence-electron chi connectivity index (χ3n) is 1.90. The first-order valence-corrected chi connectivity index (χ1v) is 4.49. The van der Waals surface area contributed by atoms with Gasteiger partial charge in [0.2, 0.25) is 0 Å². The molecule has 0 bridgehead atoms. The molecule has 5 heteroatoms. The van der Waals surface area contributed by atoms with Crippen molar-refractivity contribution >= 4 is 11.6 Å². The smallest absolute Gasteiger partial charge is 0.150 e. The van der Waals surface area contributed by atoms with E-state index in [-0.39, 0.29) is 11.0 Å². The lowest BCUT2D eigenvalue weighted by atomic mass is 10.3. The Balaban J connectivity index is 2.51. The molecule has 0 spiro atoms. The molecule has 0 saturated heterocycles. The molecule has 15 heavy (non-hydrogen) atoms. The fourth-order valence-electron chi connectivity index (χ4n) is 1.17. The van der Waals surface area contributed by atoms with E-state index in [1.165, 1.54) is 35.1 Å². The lowest BCUT2D eigenvalue weighted by Gasteiger charge is -2.01. The van der Waals surface area contributed by atoms with Gasteiger partial charge >= 0.3 is 0 Å². The maximum Gasteiger partial charge on any atom is 0.150 e. The van der Waals surface area contributed by atoms with E-state index in [4.69, 9.17) is 16.9 Å². The number of rotatable bonds is 1. The molecular formula is C10H5ClFN3. The topological polar surface area (TPSA) is 41.6 Å². The quantitative estimate of drug-likeness (QED) is 0.743. The first kappa shape index (κ1) is 9.69. The SMILES string of the molecule is N#Cc1cnn(-c2ccc(F)cc2)c1Cl. The van der Waals surface area contributed by atoms with E-state index in [2.05, 4.69) is 5.10 Å². The molecule has 0 N–H and O–H groups in total. The van der Waals surface area contributed by atoms with Crippen LogP contribution in [-0.2, 0) is 0 Å². The van der Waals surface area contributed by atoms with Crippen LogP contribution in [-0.4, -0.2) is 9.78 Å². The lowest BCUT2D eigenvalue weighted by Crippen LogP contribution is -1.95. The molecule has 0 saturated carbocycles. The van der Waals surface area contributed by atoms with Crippen LogP contribution in [0.15, 0.2) is 30.5 Å². The predicted octanol–water partition coefficient (Wildman–Crippen LogP) is 2.54. The van der Waals surface area contributed by atoms with Gasteiger partial charge in [0, 0.05) is 0 Å². The molecule has 0 amide bonds. The maximum absolute atomic E-state index is 12.7. The van der Waals surface area contributed by atoms with Gasteiger partial charge in [-0.2, -0.15) is 10.4 Å². The normalized spacial score (nSPS) is 9.93. The molecular weight excluding hydrogens is 217 g/mol. The second-order valence-electron chi connectivity index (χ2n) is 2.85. The van der Waals surface area contributed by atoms with Crippen molar-refractivity contribution in [2.24, 2.45) is 0 Å². The second kappa shape index (κ2) is 3.71. The summed E-state index contributed by atoms with van der Waals surface area (Å²) in [6.45, 7) is 0. The number of aromatic nitrogens is 2. The summed E-state index contributed by atoms with van der Waals surface area (Å²) >= 11 is 5.88. The van der Waals surface area contributed by atoms with Crippen molar-refractivity contribution in [1.29, 1.82) is 5.26 Å². The number of benzene rings is 1. The van der Waals surface area contributed by atoms with Crippen molar-refractivity contribution in [2.45, 2.75) is 0 Å². The van der Waals surface area contributed by atoms with Crippen molar-refractivity contribution in [3.05, 3.63) is 47.0 Å². The molecule has 0 aliphatic heterocycles. The molecule has 0 aliphatic rings. The minimum Gasteiger partial charge on any atom is -0.221 e. The van der Waals surface area contributed by atoms with Crippen LogP contribution in [0.4, 0.5) is 4.39 Å². The fraction of sp³-hybridized carbons (Fsp3) is 0. The van der Waals surface area contributed by atoms with E-state index in [0.717, 1.165) is 0 Å². The van der Waals surface area contributed by atoms with Gasteiger partial charge in [-0.25, -0.2) is 9.07 Å². The highest BCUT2D eigenvalue weighted by Crippen LogP contribution is 2.19. The van der Waals surface area contributed by atoms with Crippen molar-refractivity contribution in [3.8, 4) is 11.8 Å². The van der Waals surface area contributed by atoms with Crippen molar-refractivity contribution in [3.63, 3.8) is 0 Å². The van der Waals surface area contributed by atoms with Gasteiger partial charge in [-0.3, -0.25) is 0 Å². The van der Waals surface area contributed by atoms with Gasteiger partial charge in [0.1, 0.15) is 17.4 Å². The van der Waals surface area contributed by atoms with Crippen LogP contribution in [0.25, 0.3) is 5.69 Å². The number of halogens is 2. The van der Waals surface area contributed by atoms with E-state index in [1.807, 2.05) is 6.07 Å². The van der Waals surface area contributed by atoms with Crippen LogP contribution in [0.1, 0.15) is 5.56 Å². The minimum atomic E-state index is -0.331. The summed E-state index contributed by atoms with van der Waals surface area (Å²) in [7, 11) is 0. The molecule has 2 rings (SSSR count). The maximum atomic E-state index is 12.7. The molecule has 1 aromatic heterocycles. The Morgan fingerprint density at radius 2 is 2.00 bits per heavy atom. The van der Waals surface area contributed by atoms with Gasteiger partial charge in [0.25, 0.3) is 0 Å². The molecule has 2 aromatic rings. The third-order valence-corrected chi connectivity index (χ3v) is 2.27. The van der Waals surface area contributed by atoms with E-state index in [1.54, 1.807) is 0 Å². The molecule has 1 heterocycles. The molecule has 3 nitrogen and oxygen atoms in total. The Kier molecular flexibility index (Phi) is 2.40. The fourth-order valence-corrected chi connectivity index (χ4v) is 1.40. The van der Waals surface area contributed by atoms with Crippen molar-refractivity contribution in [1.82, 2.24) is 9.78 Å². The van der Waals surface area contributed by atoms with Crippen molar-refractivity contribution < 1.29 is 4.39 Å². The van der Waals surface area contributed by atoms with Crippen molar-refractivity contribution in [2.75, 3.05) is 0 Å². The van der Waals surface area contributed by atoms with Crippen LogP contribution in [0.5, 0.6) is 0 Å². The van der Waals surface area contributed by atoms with E-state index < -0.39 is 0 Å². The first-order chi connectivity index (χ1) is 7.22. The first-order valence-electron chi connectivity index (χ1n) is 4.12. The number of hydrogen-bond donors (Lipinski definition) is 0. The van der Waals surface area contributed by atoms with Crippen LogP contribution in [0.2, 0.25) is 5.15 Å². The summed E-state index contributed by atoms with van der Waals surface area (Å²) in [5.41, 5.74) is 0.906. The summed E-state index contributed by atoms with van der Waals surface area (Å²) in [6, 6.07) is 7.59. The Bertz CT molecular complexity index is 525. The van der Waals surface area contributed by atoms with Gasteiger partial charge in [-0.15, -0.1) is 0 Å². The molecule has 74 valence electrons. The highest BCUT2D eigenvalue weighted by atomic mass is 35.5. The largest absolute Gasteiger partial charge is 0.221 e. The van der Waals surface area contributed by atoms with Gasteiger partial charge < -0.3 is 0 Å². The zero-order valence-corrected chi connectivity index (χ0v) is 8.24. The lowest BCUT2D eigenvalue weighted by molar-refractivity contribution is 0.627. The second-order valence-corrected chi connectivity index (χ2v) is 3.21. The average Bonchev–Trinajstić information content (AvgIpc) is 2.61. The predicted molar refractivity (Wildman–Crippen MR) is 53.2 cm³/mol. The Hall–Kier alpha value is -1.86. The van der Waals surface area contributed by atoms with Gasteiger partial charge in [0.05, 0.1) is 11.9 Å². The molecule has 0 aliphatic carbocycles. The minimum absolute atomic E-state index is 0.226. The van der Waals surface area contributed by atoms with E-state index in [9.17, 15) is 4.39 Å². The summed E-state index contributed by atoms with van der Waals surface area (Å²) in [5, 5.41) is 12.8. The van der Waals surface area contributed by atoms with Crippen LogP contribution >= 0.6 is 11.6 Å². The summed E-state index contributed by atoms with van der Waals surface area (Å²) in [6.07, 6.45) is 1.37. The third kappa shape index (κ3) is 1.69. The Morgan fingerprint density at radius 3 is 2.53 bits per heavy atom. The van der Waals surface area contributed by atoms with E-state index >= 15 is 0 Å². The summed E-state index contributed by atoms with van der Waals surface area (Å²) < 4.78 is 14.0. The summed E-state index contributed by atoms with van der Waals surface area (Å²) in [4.78, 5) is 0. The highest BCUT2D eigenvalue weighted by molar-refractivity contribution is 6.30. The molecule has 0 radical (unpaired) electrons. The van der Waals surface area contributed by atoms with Crippen LogP contribution in [0.3, 0.4) is 0 Å². The van der Waals surface area contributed by atoms with Gasteiger partial charge in [-0.05, 0) is 24.3 Å². The Labute approximate surface area is 90.3 Å². The average molecular weight is 222 g/mol. The number of nitrogens with zero attached hydrogens (tertiary/aromatic N) is 3. The molecule has 0 unspecified atom stereocenters. The number of nitriles is 1. The van der Waals surface area contributed by atoms with Crippen LogP contribution < -0.4 is 0 Å². The highest BCUT2D eigenvalue weighted by Gasteiger charge is 2.08. The van der Waals surface area contributed by atoms with Gasteiger partial charge in [0.15, 0.2) is 5.15 Å². The molecule has 0 atom stereocenters. The van der Waals surface area contributed by atoms with Crippen LogP contribution in [0, 0.1) is 17.1 Å². The zero-order chi connectivity index (χ0) is 10.8. The Morgan fingerprint density at radius 1 is 1.33 bits per heavy atom. The van der Waals surface area contributed by atoms with E-state index in [0.29, 0.717) is 11.3 Å². The zero-order valence-electron chi connectivity index (χ0n) is 7.48. The molecule has 0 fully saturated rings. The monoisotopic (exact) mass is 221 g/mol. The molecule has 1 aromatic carbocycles. The summed E-state index contributed by atoms with van der Waals surface area (Å²) in [5.74, 6) is -0.331. The standard InChI is InChI=1S/C10H5ClFN3/c11-10-7(5-13)6-14-15(10)9-3-1-8(12)2-4-9/h1-4,6H.